The summed E-state index contributed by atoms with van der Waals surface area (Å²) < 4.78 is 29.5. The fraction of sp³-hybridized carbons (Fsp3) is 0.458. The predicted octanol–water partition coefficient (Wildman–Crippen LogP) is 4.28. The molecule has 1 aliphatic rings. The molecule has 1 unspecified atom stereocenters. The first-order valence-corrected chi connectivity index (χ1v) is 12.9. The van der Waals surface area contributed by atoms with E-state index in [-0.39, 0.29) is 5.92 Å². The molecule has 1 saturated carbocycles. The summed E-state index contributed by atoms with van der Waals surface area (Å²) in [6.45, 7) is 1.38. The first kappa shape index (κ1) is 21.8. The highest BCUT2D eigenvalue weighted by atomic mass is 32.2. The summed E-state index contributed by atoms with van der Waals surface area (Å²) in [5.74, 6) is 1.64. The molecule has 0 bridgehead atoms. The quantitative estimate of drug-likeness (QED) is 0.484. The molecule has 2 aromatic heterocycles. The van der Waals surface area contributed by atoms with E-state index >= 15 is 0 Å². The van der Waals surface area contributed by atoms with Crippen molar-refractivity contribution in [1.82, 2.24) is 15.3 Å². The van der Waals surface area contributed by atoms with Gasteiger partial charge in [0.05, 0.1) is 11.1 Å². The molecule has 0 saturated heterocycles. The molecule has 2 heterocycles. The second-order valence-electron chi connectivity index (χ2n) is 8.57. The molecule has 1 aromatic carbocycles. The second kappa shape index (κ2) is 9.40. The van der Waals surface area contributed by atoms with Crippen LogP contribution in [0, 0.1) is 5.92 Å². The van der Waals surface area contributed by atoms with Crippen LogP contribution in [0.15, 0.2) is 47.5 Å². The van der Waals surface area contributed by atoms with E-state index in [1.807, 2.05) is 25.2 Å². The van der Waals surface area contributed by atoms with E-state index in [1.54, 1.807) is 18.3 Å². The van der Waals surface area contributed by atoms with Crippen LogP contribution in [0.5, 0.6) is 5.75 Å². The highest BCUT2D eigenvalue weighted by Crippen LogP contribution is 2.38. The Morgan fingerprint density at radius 2 is 1.94 bits per heavy atom. The Labute approximate surface area is 184 Å². The molecule has 7 heteroatoms. The number of benzene rings is 1. The van der Waals surface area contributed by atoms with Gasteiger partial charge in [-0.25, -0.2) is 13.4 Å². The van der Waals surface area contributed by atoms with Crippen molar-refractivity contribution >= 4 is 20.9 Å². The average molecular weight is 442 g/mol. The van der Waals surface area contributed by atoms with Crippen LogP contribution in [0.3, 0.4) is 0 Å². The topological polar surface area (TPSA) is 84.1 Å². The summed E-state index contributed by atoms with van der Waals surface area (Å²) >= 11 is 0. The lowest BCUT2D eigenvalue weighted by Gasteiger charge is -2.20. The Morgan fingerprint density at radius 1 is 1.19 bits per heavy atom. The number of hydrogen-bond acceptors (Lipinski definition) is 5. The molecule has 2 N–H and O–H groups in total. The molecule has 1 atom stereocenters. The number of rotatable bonds is 9. The Morgan fingerprint density at radius 3 is 2.61 bits per heavy atom. The minimum Gasteiger partial charge on any atom is -0.491 e. The van der Waals surface area contributed by atoms with Gasteiger partial charge in [-0.2, -0.15) is 0 Å². The van der Waals surface area contributed by atoms with Crippen molar-refractivity contribution in [2.45, 2.75) is 42.9 Å². The lowest BCUT2D eigenvalue weighted by Crippen LogP contribution is -2.15. The number of likely N-dealkylation sites (N-methyl/N-ethyl adjacent to an activating group) is 1. The van der Waals surface area contributed by atoms with Crippen LogP contribution in [0.25, 0.3) is 11.0 Å². The number of aromatic nitrogens is 2. The van der Waals surface area contributed by atoms with E-state index in [2.05, 4.69) is 21.4 Å². The molecule has 3 aromatic rings. The molecule has 6 nitrogen and oxygen atoms in total. The molecule has 0 radical (unpaired) electrons. The van der Waals surface area contributed by atoms with Crippen molar-refractivity contribution in [1.29, 1.82) is 0 Å². The van der Waals surface area contributed by atoms with E-state index in [0.29, 0.717) is 17.4 Å². The van der Waals surface area contributed by atoms with Crippen LogP contribution in [0.2, 0.25) is 0 Å². The van der Waals surface area contributed by atoms with Crippen LogP contribution in [-0.4, -0.2) is 44.8 Å². The minimum atomic E-state index is -3.20. The molecule has 0 amide bonds. The number of aromatic amines is 1. The second-order valence-corrected chi connectivity index (χ2v) is 10.6. The fourth-order valence-electron chi connectivity index (χ4n) is 4.52. The van der Waals surface area contributed by atoms with Gasteiger partial charge in [0, 0.05) is 29.8 Å². The van der Waals surface area contributed by atoms with Crippen molar-refractivity contribution < 1.29 is 13.2 Å². The third-order valence-corrected chi connectivity index (χ3v) is 7.34. The number of fused-ring (bicyclic) bond motifs is 1. The first-order valence-electron chi connectivity index (χ1n) is 11.0. The summed E-state index contributed by atoms with van der Waals surface area (Å²) in [7, 11) is -1.30. The Kier molecular flexibility index (Phi) is 6.62. The zero-order valence-electron chi connectivity index (χ0n) is 18.2. The highest BCUT2D eigenvalue weighted by molar-refractivity contribution is 7.90. The molecule has 1 fully saturated rings. The van der Waals surface area contributed by atoms with Gasteiger partial charge >= 0.3 is 0 Å². The Hall–Kier alpha value is -2.38. The van der Waals surface area contributed by atoms with Crippen LogP contribution in [0.1, 0.15) is 49.3 Å². The van der Waals surface area contributed by atoms with Gasteiger partial charge < -0.3 is 15.0 Å². The van der Waals surface area contributed by atoms with E-state index in [4.69, 9.17) is 4.74 Å². The third-order valence-electron chi connectivity index (χ3n) is 6.22. The molecule has 0 aliphatic heterocycles. The first-order chi connectivity index (χ1) is 14.9. The number of hydrogen-bond donors (Lipinski definition) is 2. The number of nitrogens with zero attached hydrogens (tertiary/aromatic N) is 1. The fourth-order valence-corrected chi connectivity index (χ4v) is 5.15. The molecular weight excluding hydrogens is 410 g/mol. The maximum Gasteiger partial charge on any atom is 0.175 e. The number of nitrogens with one attached hydrogen (secondary N) is 2. The van der Waals surface area contributed by atoms with Crippen molar-refractivity contribution in [2.75, 3.05) is 26.5 Å². The van der Waals surface area contributed by atoms with Gasteiger partial charge in [0.25, 0.3) is 0 Å². The van der Waals surface area contributed by atoms with E-state index in [9.17, 15) is 8.42 Å². The Balaban J connectivity index is 1.65. The minimum absolute atomic E-state index is 0.180. The van der Waals surface area contributed by atoms with Crippen LogP contribution in [0.4, 0.5) is 0 Å². The predicted molar refractivity (Wildman–Crippen MR) is 123 cm³/mol. The number of ether oxygens (including phenoxy) is 1. The van der Waals surface area contributed by atoms with Crippen molar-refractivity contribution in [3.63, 3.8) is 0 Å². The highest BCUT2D eigenvalue weighted by Gasteiger charge is 2.24. The van der Waals surface area contributed by atoms with Gasteiger partial charge in [0.15, 0.2) is 9.84 Å². The maximum atomic E-state index is 11.9. The largest absolute Gasteiger partial charge is 0.491 e. The summed E-state index contributed by atoms with van der Waals surface area (Å²) in [6.07, 6.45) is 9.18. The number of pyridine rings is 1. The Bertz CT molecular complexity index is 1120. The average Bonchev–Trinajstić information content (AvgIpc) is 3.41. The van der Waals surface area contributed by atoms with E-state index in [0.717, 1.165) is 41.0 Å². The van der Waals surface area contributed by atoms with Gasteiger partial charge in [-0.05, 0) is 49.2 Å². The van der Waals surface area contributed by atoms with Gasteiger partial charge in [-0.1, -0.05) is 37.8 Å². The molecular formula is C24H31N3O3S. The van der Waals surface area contributed by atoms with E-state index in [1.165, 1.54) is 31.9 Å². The SMILES string of the molecule is CNCCOc1cnc2[nH]c(C(CC3CCCC3)c3ccc(S(C)(=O)=O)cc3)cc2c1. The van der Waals surface area contributed by atoms with Crippen molar-refractivity contribution in [3.8, 4) is 5.75 Å². The standard InChI is InChI=1S/C24H31N3O3S/c1-25-11-12-30-20-14-19-15-23(27-24(19)26-16-20)22(13-17-5-3-4-6-17)18-7-9-21(10-8-18)31(2,28)29/h7-10,14-17,22,25H,3-6,11-13H2,1-2H3,(H,26,27). The lowest BCUT2D eigenvalue weighted by molar-refractivity contribution is 0.318. The summed E-state index contributed by atoms with van der Waals surface area (Å²) in [5.41, 5.74) is 3.10. The van der Waals surface area contributed by atoms with Crippen LogP contribution < -0.4 is 10.1 Å². The summed E-state index contributed by atoms with van der Waals surface area (Å²) in [5, 5.41) is 4.10. The lowest BCUT2D eigenvalue weighted by atomic mass is 9.85. The molecule has 31 heavy (non-hydrogen) atoms. The van der Waals surface area contributed by atoms with Crippen molar-refractivity contribution in [3.05, 3.63) is 53.9 Å². The number of sulfone groups is 1. The van der Waals surface area contributed by atoms with Gasteiger partial charge in [-0.15, -0.1) is 0 Å². The van der Waals surface area contributed by atoms with Crippen LogP contribution >= 0.6 is 0 Å². The van der Waals surface area contributed by atoms with Gasteiger partial charge in [0.1, 0.15) is 18.0 Å². The molecule has 4 rings (SSSR count). The van der Waals surface area contributed by atoms with Gasteiger partial charge in [0.2, 0.25) is 0 Å². The summed E-state index contributed by atoms with van der Waals surface area (Å²) in [6, 6.07) is 11.6. The van der Waals surface area contributed by atoms with Crippen LogP contribution in [-0.2, 0) is 9.84 Å². The van der Waals surface area contributed by atoms with Gasteiger partial charge in [-0.3, -0.25) is 0 Å². The monoisotopic (exact) mass is 441 g/mol. The summed E-state index contributed by atoms with van der Waals surface area (Å²) in [4.78, 5) is 8.42. The third kappa shape index (κ3) is 5.28. The zero-order valence-corrected chi connectivity index (χ0v) is 19.0. The smallest absolute Gasteiger partial charge is 0.175 e. The number of H-pyrrole nitrogens is 1. The molecule has 0 spiro atoms. The van der Waals surface area contributed by atoms with Crippen molar-refractivity contribution in [2.24, 2.45) is 5.92 Å². The normalized spacial score (nSPS) is 16.1. The molecule has 1 aliphatic carbocycles. The molecule has 166 valence electrons. The maximum absolute atomic E-state index is 11.9. The van der Waals surface area contributed by atoms with E-state index < -0.39 is 9.84 Å². The zero-order chi connectivity index (χ0) is 21.8.